The molecule has 0 bridgehead atoms. The minimum Gasteiger partial charge on any atom is -0.456 e. The number of ketones is 5. The van der Waals surface area contributed by atoms with Crippen molar-refractivity contribution in [1.29, 1.82) is 0 Å². The van der Waals surface area contributed by atoms with Gasteiger partial charge in [-0.1, -0.05) is 200 Å². The fourth-order valence-corrected chi connectivity index (χ4v) is 11.5. The number of para-hydroxylation sites is 2. The molecule has 2 heterocycles. The minimum atomic E-state index is -0.0686. The van der Waals surface area contributed by atoms with E-state index in [1.54, 1.807) is 102 Å². The van der Waals surface area contributed by atoms with Gasteiger partial charge in [-0.05, 0) is 76.5 Å². The van der Waals surface area contributed by atoms with Crippen LogP contribution in [0.25, 0.3) is 64.0 Å². The summed E-state index contributed by atoms with van der Waals surface area (Å²) in [6, 6.07) is 77.9. The molecule has 8 nitrogen and oxygen atoms in total. The summed E-state index contributed by atoms with van der Waals surface area (Å²) >= 11 is 1.67. The van der Waals surface area contributed by atoms with E-state index in [0.717, 1.165) is 53.2 Å². The van der Waals surface area contributed by atoms with E-state index in [1.807, 2.05) is 164 Å². The number of benzene rings is 11. The lowest BCUT2D eigenvalue weighted by molar-refractivity contribution is 0.0979. The number of fused-ring (bicyclic) bond motifs is 13. The first-order chi connectivity index (χ1) is 39.2. The molecule has 0 saturated heterocycles. The van der Waals surface area contributed by atoms with Crippen molar-refractivity contribution < 1.29 is 28.4 Å². The molecule has 0 N–H and O–H groups in total. The van der Waals surface area contributed by atoms with Crippen LogP contribution in [0.4, 0.5) is 0 Å². The zero-order valence-electron chi connectivity index (χ0n) is 42.4. The van der Waals surface area contributed by atoms with Gasteiger partial charge in [0, 0.05) is 75.8 Å². The number of hydrogen-bond donors (Lipinski definition) is 0. The second-order valence-electron chi connectivity index (χ2n) is 18.9. The van der Waals surface area contributed by atoms with Crippen molar-refractivity contribution >= 4 is 93.1 Å². The second-order valence-corrected chi connectivity index (χ2v) is 20.0. The molecule has 0 fully saturated rings. The van der Waals surface area contributed by atoms with Crippen LogP contribution in [0.3, 0.4) is 0 Å². The molecule has 0 saturated carbocycles. The number of rotatable bonds is 0. The topological polar surface area (TPSA) is 133 Å². The van der Waals surface area contributed by atoms with Gasteiger partial charge in [0.2, 0.25) is 5.43 Å². The van der Waals surface area contributed by atoms with Crippen LogP contribution in [0.15, 0.2) is 269 Å². The van der Waals surface area contributed by atoms with Gasteiger partial charge in [0.15, 0.2) is 34.3 Å². The Morgan fingerprint density at radius 3 is 0.938 bits per heavy atom. The van der Waals surface area contributed by atoms with Gasteiger partial charge in [-0.15, -0.1) is 11.3 Å². The van der Waals surface area contributed by atoms with Crippen LogP contribution in [0.1, 0.15) is 79.6 Å². The maximum absolute atomic E-state index is 12.7. The summed E-state index contributed by atoms with van der Waals surface area (Å²) in [5.74, 6) is -0.110. The van der Waals surface area contributed by atoms with Crippen LogP contribution in [-0.4, -0.2) is 28.9 Å². The number of hydrogen-bond acceptors (Lipinski definition) is 9. The molecule has 0 amide bonds. The van der Waals surface area contributed by atoms with E-state index in [9.17, 15) is 33.6 Å². The summed E-state index contributed by atoms with van der Waals surface area (Å²) in [4.78, 5) is 85.5. The highest BCUT2D eigenvalue weighted by Gasteiger charge is 2.31. The summed E-state index contributed by atoms with van der Waals surface area (Å²) in [6.07, 6.45) is 0. The standard InChI is InChI=1S/C18H10O2.C14H8O2.C13H8O2.C13H8OS.C13H8O/c19-17-13-7-3-4-8-14(13)18(20)16-12-6-2-1-5-11(12)9-10-15(16)17;15-13-9-5-1-2-6-10(9)14(16)12-8-4-3-7-11(12)13;2*14-13-9-5-1-3-7-11(9)15-12-8-4-2-6-10(12)13;14-13-11-7-3-1-5-9(11)10-6-2-4-8-12(10)13/h1-10H;1-8H;2*1-8H;1-8H. The zero-order valence-corrected chi connectivity index (χ0v) is 43.2. The molecule has 2 aromatic heterocycles. The smallest absolute Gasteiger partial charge is 0.200 e. The van der Waals surface area contributed by atoms with E-state index in [4.69, 9.17) is 4.42 Å². The summed E-state index contributed by atoms with van der Waals surface area (Å²) in [5.41, 5.74) is 9.30. The molecule has 380 valence electrons. The highest BCUT2D eigenvalue weighted by Crippen LogP contribution is 2.36. The monoisotopic (exact) mass is 1050 g/mol. The van der Waals surface area contributed by atoms with Crippen LogP contribution in [0.2, 0.25) is 0 Å². The maximum Gasteiger partial charge on any atom is 0.200 e. The molecule has 13 aromatic rings. The van der Waals surface area contributed by atoms with Crippen molar-refractivity contribution in [2.45, 2.75) is 0 Å². The fourth-order valence-electron chi connectivity index (χ4n) is 10.4. The van der Waals surface area contributed by atoms with Crippen molar-refractivity contribution in [2.24, 2.45) is 0 Å². The molecule has 3 aliphatic rings. The molecule has 3 aliphatic carbocycles. The van der Waals surface area contributed by atoms with Gasteiger partial charge >= 0.3 is 0 Å². The maximum atomic E-state index is 12.7. The van der Waals surface area contributed by atoms with E-state index < -0.39 is 0 Å². The molecule has 0 unspecified atom stereocenters. The summed E-state index contributed by atoms with van der Waals surface area (Å²) in [5, 5.41) is 4.74. The van der Waals surface area contributed by atoms with Crippen LogP contribution < -0.4 is 10.9 Å². The van der Waals surface area contributed by atoms with Gasteiger partial charge in [0.25, 0.3) is 0 Å². The SMILES string of the molecule is O=C1c2ccccc2-c2ccccc21.O=C1c2ccccc2C(=O)c2c1ccc1ccccc21.O=C1c2ccccc2C(=O)c2ccccc21.O=c1c2ccccc2oc2ccccc12.O=c1c2ccccc2sc2ccccc12. The molecule has 80 heavy (non-hydrogen) atoms. The summed E-state index contributed by atoms with van der Waals surface area (Å²) < 4.78 is 7.74. The number of carbonyl (C=O) groups excluding carboxylic acids is 5. The van der Waals surface area contributed by atoms with E-state index in [-0.39, 0.29) is 39.8 Å². The van der Waals surface area contributed by atoms with Crippen LogP contribution >= 0.6 is 11.3 Å². The van der Waals surface area contributed by atoms with Crippen molar-refractivity contribution in [2.75, 3.05) is 0 Å². The Morgan fingerprint density at radius 1 is 0.225 bits per heavy atom. The Hall–Kier alpha value is -10.6. The minimum absolute atomic E-state index is 0.0347. The molecular formula is C71H42O8S. The summed E-state index contributed by atoms with van der Waals surface area (Å²) in [6.45, 7) is 0. The normalized spacial score (nSPS) is 12.2. The fraction of sp³-hybridized carbons (Fsp3) is 0. The Labute approximate surface area is 461 Å². The third kappa shape index (κ3) is 9.13. The van der Waals surface area contributed by atoms with Crippen molar-refractivity contribution in [1.82, 2.24) is 0 Å². The zero-order chi connectivity index (χ0) is 54.9. The van der Waals surface area contributed by atoms with Gasteiger partial charge < -0.3 is 4.42 Å². The Kier molecular flexibility index (Phi) is 13.5. The first-order valence-electron chi connectivity index (χ1n) is 25.7. The van der Waals surface area contributed by atoms with Gasteiger partial charge in [0.1, 0.15) is 11.2 Å². The lowest BCUT2D eigenvalue weighted by Gasteiger charge is -2.18. The molecular weight excluding hydrogens is 1010 g/mol. The van der Waals surface area contributed by atoms with E-state index in [1.165, 1.54) is 0 Å². The quantitative estimate of drug-likeness (QED) is 0.137. The van der Waals surface area contributed by atoms with Crippen LogP contribution in [-0.2, 0) is 0 Å². The van der Waals surface area contributed by atoms with E-state index in [0.29, 0.717) is 66.4 Å². The van der Waals surface area contributed by atoms with Gasteiger partial charge in [-0.25, -0.2) is 0 Å². The average molecular weight is 1060 g/mol. The molecule has 11 aromatic carbocycles. The van der Waals surface area contributed by atoms with Gasteiger partial charge in [0.05, 0.1) is 10.8 Å². The lowest BCUT2D eigenvalue weighted by Crippen LogP contribution is -2.21. The highest BCUT2D eigenvalue weighted by atomic mass is 32.1. The second kappa shape index (κ2) is 21.4. The lowest BCUT2D eigenvalue weighted by atomic mass is 9.82. The first-order valence-corrected chi connectivity index (χ1v) is 26.5. The average Bonchev–Trinajstić information content (AvgIpc) is 3.85. The Balaban J connectivity index is 0.000000100. The highest BCUT2D eigenvalue weighted by molar-refractivity contribution is 7.24. The van der Waals surface area contributed by atoms with E-state index in [2.05, 4.69) is 0 Å². The van der Waals surface area contributed by atoms with Crippen molar-refractivity contribution in [3.05, 3.63) is 331 Å². The van der Waals surface area contributed by atoms with E-state index >= 15 is 0 Å². The predicted octanol–water partition coefficient (Wildman–Crippen LogP) is 15.3. The largest absolute Gasteiger partial charge is 0.456 e. The molecule has 0 radical (unpaired) electrons. The molecule has 9 heteroatoms. The number of carbonyl (C=O) groups is 5. The van der Waals surface area contributed by atoms with Crippen molar-refractivity contribution in [3.63, 3.8) is 0 Å². The van der Waals surface area contributed by atoms with Gasteiger partial charge in [-0.2, -0.15) is 0 Å². The Bertz CT molecular complexity index is 4440. The molecule has 0 spiro atoms. The van der Waals surface area contributed by atoms with Crippen molar-refractivity contribution in [3.8, 4) is 11.1 Å². The predicted molar refractivity (Wildman–Crippen MR) is 318 cm³/mol. The third-order valence-electron chi connectivity index (χ3n) is 14.2. The Morgan fingerprint density at radius 2 is 0.512 bits per heavy atom. The molecule has 0 atom stereocenters. The molecule has 16 rings (SSSR count). The summed E-state index contributed by atoms with van der Waals surface area (Å²) in [7, 11) is 0. The van der Waals surface area contributed by atoms with Gasteiger partial charge in [-0.3, -0.25) is 33.6 Å². The van der Waals surface area contributed by atoms with Crippen LogP contribution in [0.5, 0.6) is 0 Å². The molecule has 0 aliphatic heterocycles. The third-order valence-corrected chi connectivity index (χ3v) is 15.4. The first kappa shape index (κ1) is 50.2. The van der Waals surface area contributed by atoms with Crippen LogP contribution in [0, 0.1) is 0 Å².